The number of carboxylic acid groups (broad SMARTS) is 1. The molecule has 104 valence electrons. The lowest BCUT2D eigenvalue weighted by atomic mass is 10.3. The minimum atomic E-state index is -3.84. The van der Waals surface area contributed by atoms with Crippen LogP contribution in [-0.2, 0) is 10.0 Å². The first kappa shape index (κ1) is 14.5. The Morgan fingerprint density at radius 2 is 1.95 bits per heavy atom. The second-order valence-electron chi connectivity index (χ2n) is 3.77. The predicted molar refractivity (Wildman–Crippen MR) is 76.1 cm³/mol. The highest BCUT2D eigenvalue weighted by Gasteiger charge is 2.18. The van der Waals surface area contributed by atoms with Gasteiger partial charge in [0.15, 0.2) is 0 Å². The number of nitrogens with zero attached hydrogens (tertiary/aromatic N) is 1. The number of aromatic carboxylic acids is 1. The summed E-state index contributed by atoms with van der Waals surface area (Å²) in [5.41, 5.74) is -0.0511. The Hall–Kier alpha value is -1.93. The SMILES string of the molecule is O=C(O)c1ccnc(NS(=O)(=O)c2ccccc2Br)c1. The lowest BCUT2D eigenvalue weighted by molar-refractivity contribution is 0.0697. The van der Waals surface area contributed by atoms with E-state index in [1.165, 1.54) is 18.3 Å². The zero-order valence-electron chi connectivity index (χ0n) is 9.95. The largest absolute Gasteiger partial charge is 0.478 e. The van der Waals surface area contributed by atoms with E-state index in [1.807, 2.05) is 0 Å². The molecule has 0 atom stereocenters. The Morgan fingerprint density at radius 3 is 2.60 bits per heavy atom. The molecule has 20 heavy (non-hydrogen) atoms. The van der Waals surface area contributed by atoms with Crippen LogP contribution in [0, 0.1) is 0 Å². The highest BCUT2D eigenvalue weighted by molar-refractivity contribution is 9.10. The molecule has 0 unspecified atom stereocenters. The molecule has 0 saturated heterocycles. The van der Waals surface area contributed by atoms with Crippen LogP contribution in [-0.4, -0.2) is 24.5 Å². The molecule has 0 fully saturated rings. The van der Waals surface area contributed by atoms with Crippen LogP contribution < -0.4 is 4.72 Å². The Labute approximate surface area is 123 Å². The van der Waals surface area contributed by atoms with Gasteiger partial charge in [0, 0.05) is 10.7 Å². The van der Waals surface area contributed by atoms with E-state index in [0.717, 1.165) is 6.07 Å². The summed E-state index contributed by atoms with van der Waals surface area (Å²) in [7, 11) is -3.84. The summed E-state index contributed by atoms with van der Waals surface area (Å²) in [4.78, 5) is 14.7. The summed E-state index contributed by atoms with van der Waals surface area (Å²) in [6.45, 7) is 0. The maximum absolute atomic E-state index is 12.2. The number of carboxylic acids is 1. The molecular formula is C12H9BrN2O4S. The number of halogens is 1. The number of pyridine rings is 1. The standard InChI is InChI=1S/C12H9BrN2O4S/c13-9-3-1-2-4-10(9)20(18,19)15-11-7-8(12(16)17)5-6-14-11/h1-7H,(H,14,15)(H,16,17). The van der Waals surface area contributed by atoms with Crippen LogP contribution in [0.5, 0.6) is 0 Å². The van der Waals surface area contributed by atoms with Gasteiger partial charge >= 0.3 is 5.97 Å². The zero-order chi connectivity index (χ0) is 14.8. The van der Waals surface area contributed by atoms with E-state index in [0.29, 0.717) is 4.47 Å². The highest BCUT2D eigenvalue weighted by Crippen LogP contribution is 2.23. The molecule has 1 aromatic carbocycles. The van der Waals surface area contributed by atoms with E-state index < -0.39 is 16.0 Å². The van der Waals surface area contributed by atoms with Gasteiger partial charge in [-0.15, -0.1) is 0 Å². The third kappa shape index (κ3) is 3.14. The van der Waals surface area contributed by atoms with Crippen molar-refractivity contribution in [3.63, 3.8) is 0 Å². The first-order valence-corrected chi connectivity index (χ1v) is 7.64. The third-order valence-electron chi connectivity index (χ3n) is 2.37. The topological polar surface area (TPSA) is 96.4 Å². The fraction of sp³-hybridized carbons (Fsp3) is 0. The number of benzene rings is 1. The molecule has 0 radical (unpaired) electrons. The van der Waals surface area contributed by atoms with Crippen LogP contribution in [0.1, 0.15) is 10.4 Å². The number of hydrogen-bond donors (Lipinski definition) is 2. The molecule has 0 amide bonds. The van der Waals surface area contributed by atoms with E-state index in [1.54, 1.807) is 18.2 Å². The summed E-state index contributed by atoms with van der Waals surface area (Å²) in [6.07, 6.45) is 1.22. The molecule has 2 aromatic rings. The summed E-state index contributed by atoms with van der Waals surface area (Å²) in [5.74, 6) is -1.21. The summed E-state index contributed by atoms with van der Waals surface area (Å²) in [6, 6.07) is 8.71. The van der Waals surface area contributed by atoms with Gasteiger partial charge in [-0.1, -0.05) is 12.1 Å². The molecule has 0 aliphatic carbocycles. The number of hydrogen-bond acceptors (Lipinski definition) is 4. The molecule has 6 nitrogen and oxygen atoms in total. The summed E-state index contributed by atoms with van der Waals surface area (Å²) < 4.78 is 27.0. The average Bonchev–Trinajstić information content (AvgIpc) is 2.38. The van der Waals surface area contributed by atoms with Crippen molar-refractivity contribution in [1.82, 2.24) is 4.98 Å². The van der Waals surface area contributed by atoms with Gasteiger partial charge in [-0.2, -0.15) is 0 Å². The van der Waals surface area contributed by atoms with Crippen LogP contribution in [0.2, 0.25) is 0 Å². The third-order valence-corrected chi connectivity index (χ3v) is 4.74. The molecule has 0 aliphatic rings. The molecule has 8 heteroatoms. The maximum atomic E-state index is 12.2. The van der Waals surface area contributed by atoms with Crippen molar-refractivity contribution in [3.05, 3.63) is 52.6 Å². The Kier molecular flexibility index (Phi) is 4.05. The lowest BCUT2D eigenvalue weighted by Crippen LogP contribution is -2.15. The van der Waals surface area contributed by atoms with Gasteiger partial charge in [0.2, 0.25) is 0 Å². The monoisotopic (exact) mass is 356 g/mol. The van der Waals surface area contributed by atoms with E-state index in [9.17, 15) is 13.2 Å². The van der Waals surface area contributed by atoms with E-state index in [4.69, 9.17) is 5.11 Å². The number of sulfonamides is 1. The molecule has 0 spiro atoms. The number of nitrogens with one attached hydrogen (secondary N) is 1. The molecule has 0 bridgehead atoms. The molecule has 0 aliphatic heterocycles. The van der Waals surface area contributed by atoms with Crippen LogP contribution in [0.25, 0.3) is 0 Å². The normalized spacial score (nSPS) is 11.1. The molecule has 1 aromatic heterocycles. The fourth-order valence-corrected chi connectivity index (χ4v) is 3.48. The number of anilines is 1. The van der Waals surface area contributed by atoms with Gasteiger partial charge < -0.3 is 5.11 Å². The molecule has 0 saturated carbocycles. The molecule has 1 heterocycles. The second kappa shape index (κ2) is 5.59. The van der Waals surface area contributed by atoms with Gasteiger partial charge in [0.1, 0.15) is 10.7 Å². The van der Waals surface area contributed by atoms with Crippen molar-refractivity contribution in [1.29, 1.82) is 0 Å². The first-order chi connectivity index (χ1) is 9.40. The lowest BCUT2D eigenvalue weighted by Gasteiger charge is -2.09. The van der Waals surface area contributed by atoms with Crippen molar-refractivity contribution in [2.24, 2.45) is 0 Å². The maximum Gasteiger partial charge on any atom is 0.335 e. The quantitative estimate of drug-likeness (QED) is 0.876. The Morgan fingerprint density at radius 1 is 1.25 bits per heavy atom. The molecular weight excluding hydrogens is 348 g/mol. The minimum Gasteiger partial charge on any atom is -0.478 e. The smallest absolute Gasteiger partial charge is 0.335 e. The summed E-state index contributed by atoms with van der Waals surface area (Å²) >= 11 is 3.15. The molecule has 2 rings (SSSR count). The number of carbonyl (C=O) groups is 1. The van der Waals surface area contributed by atoms with Crippen LogP contribution in [0.4, 0.5) is 5.82 Å². The van der Waals surface area contributed by atoms with Gasteiger partial charge in [-0.25, -0.2) is 18.2 Å². The zero-order valence-corrected chi connectivity index (χ0v) is 12.3. The summed E-state index contributed by atoms with van der Waals surface area (Å²) in [5, 5.41) is 8.86. The van der Waals surface area contributed by atoms with Crippen LogP contribution >= 0.6 is 15.9 Å². The van der Waals surface area contributed by atoms with Crippen LogP contribution in [0.3, 0.4) is 0 Å². The number of rotatable bonds is 4. The van der Waals surface area contributed by atoms with Gasteiger partial charge in [-0.05, 0) is 40.2 Å². The fourth-order valence-electron chi connectivity index (χ4n) is 1.47. The van der Waals surface area contributed by atoms with Gasteiger partial charge in [-0.3, -0.25) is 4.72 Å². The van der Waals surface area contributed by atoms with Crippen molar-refractivity contribution in [2.75, 3.05) is 4.72 Å². The Balaban J connectivity index is 2.36. The molecule has 2 N–H and O–H groups in total. The first-order valence-electron chi connectivity index (χ1n) is 5.37. The van der Waals surface area contributed by atoms with Crippen molar-refractivity contribution in [3.8, 4) is 0 Å². The van der Waals surface area contributed by atoms with E-state index in [2.05, 4.69) is 25.6 Å². The van der Waals surface area contributed by atoms with Gasteiger partial charge in [0.05, 0.1) is 5.56 Å². The second-order valence-corrected chi connectivity index (χ2v) is 6.28. The van der Waals surface area contributed by atoms with Gasteiger partial charge in [0.25, 0.3) is 10.0 Å². The van der Waals surface area contributed by atoms with E-state index in [-0.39, 0.29) is 16.3 Å². The van der Waals surface area contributed by atoms with Crippen LogP contribution in [0.15, 0.2) is 52.0 Å². The van der Waals surface area contributed by atoms with Crippen molar-refractivity contribution >= 4 is 37.7 Å². The van der Waals surface area contributed by atoms with E-state index >= 15 is 0 Å². The van der Waals surface area contributed by atoms with Crippen molar-refractivity contribution in [2.45, 2.75) is 4.90 Å². The predicted octanol–water partition coefficient (Wildman–Crippen LogP) is 2.34. The van der Waals surface area contributed by atoms with Crippen molar-refractivity contribution < 1.29 is 18.3 Å². The minimum absolute atomic E-state index is 0.0440. The Bertz CT molecular complexity index is 762. The average molecular weight is 357 g/mol. The number of aromatic nitrogens is 1. The highest BCUT2D eigenvalue weighted by atomic mass is 79.9.